The summed E-state index contributed by atoms with van der Waals surface area (Å²) < 4.78 is 64.8. The van der Waals surface area contributed by atoms with Gasteiger partial charge in [-0.2, -0.15) is 4.98 Å². The number of hydrogen-bond donors (Lipinski definition) is 6. The van der Waals surface area contributed by atoms with Crippen molar-refractivity contribution in [2.45, 2.75) is 54.2 Å². The van der Waals surface area contributed by atoms with Crippen molar-refractivity contribution in [3.8, 4) is 0 Å². The first kappa shape index (κ1) is 28.8. The molecule has 0 aromatic carbocycles. The molecule has 9 heterocycles. The van der Waals surface area contributed by atoms with Crippen LogP contribution in [0.25, 0.3) is 22.3 Å². The third kappa shape index (κ3) is 3.68. The molecule has 4 aromatic heterocycles. The van der Waals surface area contributed by atoms with Crippen molar-refractivity contribution in [1.29, 1.82) is 0 Å². The van der Waals surface area contributed by atoms with Gasteiger partial charge >= 0.3 is 15.4 Å². The predicted octanol–water partition coefficient (Wildman–Crippen LogP) is -1.52. The predicted molar refractivity (Wildman–Crippen MR) is 147 cm³/mol. The molecule has 5 aliphatic heterocycles. The molecule has 8 N–H and O–H groups in total. The van der Waals surface area contributed by atoms with E-state index >= 15 is 0 Å². The van der Waals surface area contributed by atoms with Crippen molar-refractivity contribution in [3.05, 3.63) is 29.3 Å². The lowest BCUT2D eigenvalue weighted by molar-refractivity contribution is -0.307. The van der Waals surface area contributed by atoms with E-state index in [0.29, 0.717) is 11.2 Å². The van der Waals surface area contributed by atoms with Crippen molar-refractivity contribution in [1.82, 2.24) is 39.0 Å². The molecular formula is C22H24N10O12P2. The van der Waals surface area contributed by atoms with Crippen LogP contribution in [0.15, 0.2) is 23.8 Å². The van der Waals surface area contributed by atoms with Crippen LogP contribution < -0.4 is 17.0 Å². The Morgan fingerprint density at radius 1 is 0.978 bits per heavy atom. The summed E-state index contributed by atoms with van der Waals surface area (Å²) in [6.45, 7) is -1.24. The number of aromatic nitrogens is 8. The Morgan fingerprint density at radius 2 is 1.74 bits per heavy atom. The summed E-state index contributed by atoms with van der Waals surface area (Å²) in [5.41, 5.74) is 9.94. The second-order valence-corrected chi connectivity index (χ2v) is 15.2. The lowest BCUT2D eigenvalue weighted by atomic mass is 9.61. The number of aliphatic hydroxyl groups excluding tert-OH is 1. The molecule has 4 aromatic rings. The van der Waals surface area contributed by atoms with Crippen LogP contribution in [0.3, 0.4) is 0 Å². The minimum atomic E-state index is -5.02. The molecule has 6 fully saturated rings. The van der Waals surface area contributed by atoms with Gasteiger partial charge in [-0.25, -0.2) is 24.5 Å². The first-order chi connectivity index (χ1) is 21.8. The van der Waals surface area contributed by atoms with E-state index < -0.39 is 87.9 Å². The number of imidazole rings is 2. The van der Waals surface area contributed by atoms with Crippen LogP contribution in [-0.2, 0) is 36.9 Å². The van der Waals surface area contributed by atoms with E-state index in [2.05, 4.69) is 29.9 Å². The number of aromatic amines is 1. The maximum absolute atomic E-state index is 13.8. The number of phosphoric acid groups is 1. The summed E-state index contributed by atoms with van der Waals surface area (Å²) in [5, 5.41) is 9.40. The fraction of sp³-hybridized carbons (Fsp3) is 0.545. The average molecular weight is 682 g/mol. The number of nitrogens with zero attached hydrogens (tertiary/aromatic N) is 7. The molecule has 5 saturated heterocycles. The van der Waals surface area contributed by atoms with Crippen LogP contribution >= 0.6 is 15.4 Å². The number of aliphatic hydroxyl groups is 1. The zero-order valence-electron chi connectivity index (χ0n) is 23.1. The number of nitrogens with one attached hydrogen (secondary N) is 1. The van der Waals surface area contributed by atoms with E-state index in [4.69, 9.17) is 39.2 Å². The van der Waals surface area contributed by atoms with Crippen LogP contribution in [0.2, 0.25) is 0 Å². The van der Waals surface area contributed by atoms with Crippen LogP contribution in [0.4, 0.5) is 11.8 Å². The second-order valence-electron chi connectivity index (χ2n) is 11.7. The van der Waals surface area contributed by atoms with Gasteiger partial charge in [-0.3, -0.25) is 32.5 Å². The van der Waals surface area contributed by atoms with Gasteiger partial charge < -0.3 is 45.1 Å². The Kier molecular flexibility index (Phi) is 5.72. The Labute approximate surface area is 254 Å². The van der Waals surface area contributed by atoms with Crippen LogP contribution in [-0.4, -0.2) is 103 Å². The lowest BCUT2D eigenvalue weighted by Gasteiger charge is -2.65. The standard InChI is InChI=1S/C22H24N10O12P2/c23-14-8-15(26-4-25-14)31(5-27-8)19-12-13-21(43-19)2-22(13,42-12)45(35,36)39-1-7-10(33)11(44-46(37,38)40-3-21)18(41-7)32-6-28-9-16(32)29-20(24)30-17(9)34/h4-7,10-13,18-19,33H,1-3H2,(H,35,36)(H,37,38)(H2,23,25,26)(H3,24,29,30,34)/t7?,10?,11?,12?,13?,18?,19?,21?,22-/m0/s1. The number of fused-ring (bicyclic) bond motifs is 7. The average Bonchev–Trinajstić information content (AvgIpc) is 3.69. The highest BCUT2D eigenvalue weighted by Gasteiger charge is 2.87. The molecule has 1 saturated carbocycles. The highest BCUT2D eigenvalue weighted by atomic mass is 31.2. The third-order valence-electron chi connectivity index (χ3n) is 9.23. The molecule has 6 aliphatic rings. The Bertz CT molecular complexity index is 2110. The minimum absolute atomic E-state index is 0.0866. The maximum atomic E-state index is 13.8. The molecule has 2 spiro atoms. The van der Waals surface area contributed by atoms with Gasteiger partial charge in [-0.1, -0.05) is 0 Å². The molecule has 1 aliphatic carbocycles. The number of nitrogens with two attached hydrogens (primary N) is 2. The lowest BCUT2D eigenvalue weighted by Crippen LogP contribution is -2.77. The van der Waals surface area contributed by atoms with E-state index in [0.717, 1.165) is 6.33 Å². The fourth-order valence-corrected chi connectivity index (χ4v) is 10.2. The molecule has 4 bridgehead atoms. The Morgan fingerprint density at radius 3 is 2.54 bits per heavy atom. The van der Waals surface area contributed by atoms with Crippen molar-refractivity contribution < 1.29 is 51.8 Å². The number of hydrogen-bond acceptors (Lipinski definition) is 17. The van der Waals surface area contributed by atoms with Gasteiger partial charge in [0, 0.05) is 6.42 Å². The highest BCUT2D eigenvalue weighted by Crippen LogP contribution is 2.82. The zero-order valence-corrected chi connectivity index (χ0v) is 24.9. The number of phosphoric ester groups is 1. The molecule has 22 nitrogen and oxygen atoms in total. The third-order valence-corrected chi connectivity index (χ3v) is 12.2. The van der Waals surface area contributed by atoms with Crippen molar-refractivity contribution in [3.63, 3.8) is 0 Å². The van der Waals surface area contributed by atoms with Gasteiger partial charge in [-0.15, -0.1) is 0 Å². The largest absolute Gasteiger partial charge is 0.472 e. The first-order valence-corrected chi connectivity index (χ1v) is 16.9. The summed E-state index contributed by atoms with van der Waals surface area (Å²) in [5.74, 6) is -0.962. The quantitative estimate of drug-likeness (QED) is 0.131. The molecule has 0 amide bonds. The molecular weight excluding hydrogens is 658 g/mol. The zero-order chi connectivity index (χ0) is 32.0. The minimum Gasteiger partial charge on any atom is -0.387 e. The molecule has 10 unspecified atom stereocenters. The van der Waals surface area contributed by atoms with Crippen LogP contribution in [0.1, 0.15) is 18.9 Å². The molecule has 0 radical (unpaired) electrons. The first-order valence-electron chi connectivity index (χ1n) is 13.8. The number of H-pyrrole nitrogens is 1. The monoisotopic (exact) mass is 682 g/mol. The second kappa shape index (κ2) is 9.14. The number of rotatable bonds is 2. The highest BCUT2D eigenvalue weighted by molar-refractivity contribution is 7.54. The maximum Gasteiger partial charge on any atom is 0.472 e. The molecule has 46 heavy (non-hydrogen) atoms. The van der Waals surface area contributed by atoms with Gasteiger partial charge in [-0.05, 0) is 0 Å². The van der Waals surface area contributed by atoms with Crippen LogP contribution in [0, 0.1) is 5.92 Å². The smallest absolute Gasteiger partial charge is 0.387 e. The summed E-state index contributed by atoms with van der Waals surface area (Å²) in [4.78, 5) is 57.3. The number of ether oxygens (including phenoxy) is 3. The number of nitrogen functional groups attached to an aromatic ring is 2. The van der Waals surface area contributed by atoms with Gasteiger partial charge in [0.15, 0.2) is 40.4 Å². The van der Waals surface area contributed by atoms with E-state index in [9.17, 15) is 28.8 Å². The Balaban J connectivity index is 1.08. The molecule has 11 atom stereocenters. The summed E-state index contributed by atoms with van der Waals surface area (Å²) in [6, 6.07) is 0. The van der Waals surface area contributed by atoms with Crippen molar-refractivity contribution >= 4 is 49.5 Å². The van der Waals surface area contributed by atoms with E-state index in [1.54, 1.807) is 0 Å². The SMILES string of the molecule is Nc1nc2c(ncn2C2OC3COP(=O)(O)[C@]45CC6(COP(=O)(O)OC2C3O)OC(n2cnc3c(N)ncnc32)C(O4)C65)c(=O)[nH]1. The Hall–Kier alpha value is -3.40. The van der Waals surface area contributed by atoms with Crippen molar-refractivity contribution in [2.24, 2.45) is 5.92 Å². The normalized spacial score (nSPS) is 43.3. The topological polar surface area (TPSA) is 309 Å². The van der Waals surface area contributed by atoms with E-state index in [1.165, 1.54) is 21.8 Å². The van der Waals surface area contributed by atoms with Crippen molar-refractivity contribution in [2.75, 3.05) is 24.7 Å². The van der Waals surface area contributed by atoms with Gasteiger partial charge in [0.25, 0.3) is 5.56 Å². The van der Waals surface area contributed by atoms with Gasteiger partial charge in [0.2, 0.25) is 5.95 Å². The van der Waals surface area contributed by atoms with Gasteiger partial charge in [0.1, 0.15) is 41.9 Å². The molecule has 244 valence electrons. The van der Waals surface area contributed by atoms with Crippen LogP contribution in [0.5, 0.6) is 0 Å². The van der Waals surface area contributed by atoms with E-state index in [1.807, 2.05) is 0 Å². The summed E-state index contributed by atoms with van der Waals surface area (Å²) >= 11 is 0. The van der Waals surface area contributed by atoms with E-state index in [-0.39, 0.29) is 29.4 Å². The van der Waals surface area contributed by atoms with Gasteiger partial charge in [0.05, 0.1) is 31.8 Å². The fourth-order valence-electron chi connectivity index (χ4n) is 7.25. The number of anilines is 2. The summed E-state index contributed by atoms with van der Waals surface area (Å²) in [6.07, 6.45) is -4.39. The molecule has 10 rings (SSSR count). The summed E-state index contributed by atoms with van der Waals surface area (Å²) in [7, 11) is -9.69. The molecule has 24 heteroatoms.